The lowest BCUT2D eigenvalue weighted by Crippen LogP contribution is -1.96. The fourth-order valence-electron chi connectivity index (χ4n) is 1.46. The van der Waals surface area contributed by atoms with Crippen molar-refractivity contribution in [2.24, 2.45) is 5.92 Å². The van der Waals surface area contributed by atoms with E-state index in [2.05, 4.69) is 19.1 Å². The van der Waals surface area contributed by atoms with E-state index >= 15 is 0 Å². The van der Waals surface area contributed by atoms with Crippen LogP contribution in [0.25, 0.3) is 0 Å². The van der Waals surface area contributed by atoms with E-state index in [1.165, 1.54) is 5.56 Å². The molecule has 0 bridgehead atoms. The third-order valence-corrected chi connectivity index (χ3v) is 2.16. The molecule has 0 radical (unpaired) electrons. The van der Waals surface area contributed by atoms with Gasteiger partial charge in [-0.15, -0.1) is 0 Å². The van der Waals surface area contributed by atoms with Crippen molar-refractivity contribution in [3.63, 3.8) is 0 Å². The zero-order valence-corrected chi connectivity index (χ0v) is 8.89. The van der Waals surface area contributed by atoms with Crippen LogP contribution in [-0.2, 0) is 11.2 Å². The Bertz CT molecular complexity index is 328. The van der Waals surface area contributed by atoms with Gasteiger partial charge in [-0.1, -0.05) is 49.4 Å². The Labute approximate surface area is 90.3 Å². The summed E-state index contributed by atoms with van der Waals surface area (Å²) in [5.74, 6) is -0.398. The maximum Gasteiger partial charge on any atom is 0.307 e. The largest absolute Gasteiger partial charge is 0.481 e. The molecule has 0 saturated heterocycles. The summed E-state index contributed by atoms with van der Waals surface area (Å²) in [7, 11) is 0. The lowest BCUT2D eigenvalue weighted by molar-refractivity contribution is -0.136. The topological polar surface area (TPSA) is 37.3 Å². The van der Waals surface area contributed by atoms with Gasteiger partial charge in [0.15, 0.2) is 0 Å². The Morgan fingerprint density at radius 3 is 2.67 bits per heavy atom. The van der Waals surface area contributed by atoms with E-state index in [9.17, 15) is 4.79 Å². The quantitative estimate of drug-likeness (QED) is 0.749. The van der Waals surface area contributed by atoms with E-state index in [4.69, 9.17) is 5.11 Å². The summed E-state index contributed by atoms with van der Waals surface area (Å²) < 4.78 is 0. The molecule has 2 nitrogen and oxygen atoms in total. The van der Waals surface area contributed by atoms with E-state index in [-0.39, 0.29) is 6.42 Å². The molecule has 0 aliphatic heterocycles. The summed E-state index contributed by atoms with van der Waals surface area (Å²) in [5, 5.41) is 8.46. The van der Waals surface area contributed by atoms with Gasteiger partial charge in [0.25, 0.3) is 0 Å². The van der Waals surface area contributed by atoms with Gasteiger partial charge in [-0.2, -0.15) is 0 Å². The SMILES string of the molecule is CC(C=CCC(=O)O)Cc1ccccc1. The predicted molar refractivity (Wildman–Crippen MR) is 60.7 cm³/mol. The van der Waals surface area contributed by atoms with Gasteiger partial charge in [0.05, 0.1) is 6.42 Å². The summed E-state index contributed by atoms with van der Waals surface area (Å²) in [6.07, 6.45) is 4.74. The van der Waals surface area contributed by atoms with Crippen molar-refractivity contribution in [1.82, 2.24) is 0 Å². The van der Waals surface area contributed by atoms with Gasteiger partial charge in [0, 0.05) is 0 Å². The molecule has 1 aromatic rings. The molecular weight excluding hydrogens is 188 g/mol. The molecule has 2 heteroatoms. The van der Waals surface area contributed by atoms with Crippen LogP contribution in [0, 0.1) is 5.92 Å². The zero-order chi connectivity index (χ0) is 11.1. The van der Waals surface area contributed by atoms with E-state index in [0.717, 1.165) is 6.42 Å². The van der Waals surface area contributed by atoms with Crippen molar-refractivity contribution in [2.75, 3.05) is 0 Å². The van der Waals surface area contributed by atoms with E-state index < -0.39 is 5.97 Å². The van der Waals surface area contributed by atoms with Crippen LogP contribution >= 0.6 is 0 Å². The fraction of sp³-hybridized carbons (Fsp3) is 0.308. The first-order chi connectivity index (χ1) is 7.18. The summed E-state index contributed by atoms with van der Waals surface area (Å²) >= 11 is 0. The minimum atomic E-state index is -0.779. The Balaban J connectivity index is 2.39. The third-order valence-electron chi connectivity index (χ3n) is 2.16. The highest BCUT2D eigenvalue weighted by Crippen LogP contribution is 2.09. The fourth-order valence-corrected chi connectivity index (χ4v) is 1.46. The minimum Gasteiger partial charge on any atom is -0.481 e. The first kappa shape index (κ1) is 11.5. The molecule has 0 amide bonds. The van der Waals surface area contributed by atoms with Crippen LogP contribution in [0.4, 0.5) is 0 Å². The first-order valence-corrected chi connectivity index (χ1v) is 5.11. The number of hydrogen-bond acceptors (Lipinski definition) is 1. The average Bonchev–Trinajstić information content (AvgIpc) is 2.18. The number of benzene rings is 1. The molecule has 0 heterocycles. The molecule has 0 saturated carbocycles. The van der Waals surface area contributed by atoms with Gasteiger partial charge in [-0.3, -0.25) is 4.79 Å². The molecule has 0 aliphatic rings. The highest BCUT2D eigenvalue weighted by atomic mass is 16.4. The zero-order valence-electron chi connectivity index (χ0n) is 8.89. The standard InChI is InChI=1S/C13H16O2/c1-11(6-5-9-13(14)15)10-12-7-3-2-4-8-12/h2-8,11H,9-10H2,1H3,(H,14,15). The van der Waals surface area contributed by atoms with E-state index in [1.54, 1.807) is 6.08 Å². The van der Waals surface area contributed by atoms with Gasteiger partial charge in [-0.25, -0.2) is 0 Å². The van der Waals surface area contributed by atoms with Crippen LogP contribution in [0.3, 0.4) is 0 Å². The summed E-state index contributed by atoms with van der Waals surface area (Å²) in [5.41, 5.74) is 1.28. The van der Waals surface area contributed by atoms with Crippen LogP contribution < -0.4 is 0 Å². The van der Waals surface area contributed by atoms with Gasteiger partial charge in [0.2, 0.25) is 0 Å². The van der Waals surface area contributed by atoms with E-state index in [1.807, 2.05) is 24.3 Å². The second-order valence-corrected chi connectivity index (χ2v) is 3.69. The van der Waals surface area contributed by atoms with Crippen molar-refractivity contribution in [3.8, 4) is 0 Å². The van der Waals surface area contributed by atoms with Gasteiger partial charge in [-0.05, 0) is 17.9 Å². The second kappa shape index (κ2) is 6.02. The molecule has 1 aromatic carbocycles. The molecule has 0 spiro atoms. The highest BCUT2D eigenvalue weighted by molar-refractivity contribution is 5.68. The van der Waals surface area contributed by atoms with Crippen molar-refractivity contribution < 1.29 is 9.90 Å². The van der Waals surface area contributed by atoms with Crippen LogP contribution in [0.1, 0.15) is 18.9 Å². The van der Waals surface area contributed by atoms with Gasteiger partial charge >= 0.3 is 5.97 Å². The summed E-state index contributed by atoms with van der Waals surface area (Å²) in [4.78, 5) is 10.3. The number of carboxylic acids is 1. The molecule has 15 heavy (non-hydrogen) atoms. The molecular formula is C13H16O2. The van der Waals surface area contributed by atoms with E-state index in [0.29, 0.717) is 5.92 Å². The number of carboxylic acid groups (broad SMARTS) is 1. The second-order valence-electron chi connectivity index (χ2n) is 3.69. The molecule has 0 fully saturated rings. The smallest absolute Gasteiger partial charge is 0.307 e. The maximum atomic E-state index is 10.3. The third kappa shape index (κ3) is 5.01. The van der Waals surface area contributed by atoms with Crippen molar-refractivity contribution >= 4 is 5.97 Å². The van der Waals surface area contributed by atoms with Crippen LogP contribution in [-0.4, -0.2) is 11.1 Å². The molecule has 1 atom stereocenters. The number of hydrogen-bond donors (Lipinski definition) is 1. The Morgan fingerprint density at radius 1 is 1.40 bits per heavy atom. The lowest BCUT2D eigenvalue weighted by atomic mass is 10.0. The number of allylic oxidation sites excluding steroid dienone is 1. The molecule has 1 N–H and O–H groups in total. The summed E-state index contributed by atoms with van der Waals surface area (Å²) in [6.45, 7) is 2.09. The molecule has 1 unspecified atom stereocenters. The first-order valence-electron chi connectivity index (χ1n) is 5.11. The van der Waals surface area contributed by atoms with Gasteiger partial charge < -0.3 is 5.11 Å². The highest BCUT2D eigenvalue weighted by Gasteiger charge is 1.99. The molecule has 0 aliphatic carbocycles. The normalized spacial score (nSPS) is 12.9. The van der Waals surface area contributed by atoms with Crippen molar-refractivity contribution in [2.45, 2.75) is 19.8 Å². The molecule has 80 valence electrons. The Kier molecular flexibility index (Phi) is 4.61. The Morgan fingerprint density at radius 2 is 2.07 bits per heavy atom. The van der Waals surface area contributed by atoms with Crippen molar-refractivity contribution in [3.05, 3.63) is 48.0 Å². The number of rotatable bonds is 5. The minimum absolute atomic E-state index is 0.110. The maximum absolute atomic E-state index is 10.3. The number of carbonyl (C=O) groups is 1. The van der Waals surface area contributed by atoms with Gasteiger partial charge in [0.1, 0.15) is 0 Å². The lowest BCUT2D eigenvalue weighted by Gasteiger charge is -2.05. The van der Waals surface area contributed by atoms with Crippen LogP contribution in [0.2, 0.25) is 0 Å². The Hall–Kier alpha value is -1.57. The van der Waals surface area contributed by atoms with Crippen LogP contribution in [0.5, 0.6) is 0 Å². The predicted octanol–water partition coefficient (Wildman–Crippen LogP) is 2.90. The summed E-state index contributed by atoms with van der Waals surface area (Å²) in [6, 6.07) is 10.2. The number of aliphatic carboxylic acids is 1. The van der Waals surface area contributed by atoms with Crippen LogP contribution in [0.15, 0.2) is 42.5 Å². The average molecular weight is 204 g/mol. The molecule has 1 rings (SSSR count). The monoisotopic (exact) mass is 204 g/mol. The van der Waals surface area contributed by atoms with Crippen molar-refractivity contribution in [1.29, 1.82) is 0 Å². The molecule has 0 aromatic heterocycles.